The number of halogens is 3. The van der Waals surface area contributed by atoms with Crippen molar-refractivity contribution >= 4 is 39.1 Å². The number of benzene rings is 2. The molecule has 0 fully saturated rings. The van der Waals surface area contributed by atoms with Gasteiger partial charge in [0.05, 0.1) is 18.6 Å². The molecular weight excluding hydrogens is 373 g/mol. The van der Waals surface area contributed by atoms with Crippen molar-refractivity contribution in [1.29, 1.82) is 5.26 Å². The van der Waals surface area contributed by atoms with Crippen molar-refractivity contribution in [3.05, 3.63) is 62.5 Å². The molecule has 0 radical (unpaired) electrons. The Kier molecular flexibility index (Phi) is 5.93. The Labute approximate surface area is 142 Å². The van der Waals surface area contributed by atoms with Crippen LogP contribution < -0.4 is 4.74 Å². The molecule has 0 aromatic heterocycles. The van der Waals surface area contributed by atoms with Gasteiger partial charge in [0.2, 0.25) is 0 Å². The Bertz CT molecular complexity index is 652. The van der Waals surface area contributed by atoms with E-state index in [2.05, 4.69) is 22.0 Å². The monoisotopic (exact) mass is 383 g/mol. The van der Waals surface area contributed by atoms with E-state index in [0.29, 0.717) is 23.1 Å². The first-order valence-electron chi connectivity index (χ1n) is 6.33. The first-order valence-corrected chi connectivity index (χ1v) is 7.88. The molecule has 0 aliphatic carbocycles. The highest BCUT2D eigenvalue weighted by Crippen LogP contribution is 2.29. The lowest BCUT2D eigenvalue weighted by atomic mass is 9.97. The van der Waals surface area contributed by atoms with Gasteiger partial charge in [0, 0.05) is 20.9 Å². The van der Waals surface area contributed by atoms with Gasteiger partial charge in [-0.2, -0.15) is 5.26 Å². The fraction of sp³-hybridized carbons (Fsp3) is 0.188. The number of rotatable bonds is 5. The van der Waals surface area contributed by atoms with Crippen LogP contribution in [0.25, 0.3) is 0 Å². The summed E-state index contributed by atoms with van der Waals surface area (Å²) in [5.74, 6) is 0.460. The van der Waals surface area contributed by atoms with Crippen LogP contribution in [0.4, 0.5) is 0 Å². The second kappa shape index (κ2) is 7.70. The average Bonchev–Trinajstić information content (AvgIpc) is 2.46. The largest absolute Gasteiger partial charge is 0.494 e. The van der Waals surface area contributed by atoms with E-state index in [1.165, 1.54) is 0 Å². The zero-order valence-corrected chi connectivity index (χ0v) is 14.1. The van der Waals surface area contributed by atoms with Crippen molar-refractivity contribution in [3.8, 4) is 11.8 Å². The minimum Gasteiger partial charge on any atom is -0.494 e. The van der Waals surface area contributed by atoms with E-state index in [9.17, 15) is 5.26 Å². The number of nitriles is 1. The molecule has 2 nitrogen and oxygen atoms in total. The van der Waals surface area contributed by atoms with Gasteiger partial charge < -0.3 is 4.74 Å². The molecule has 21 heavy (non-hydrogen) atoms. The molecule has 0 N–H and O–H groups in total. The standard InChI is InChI=1S/C16H12BrCl2NO/c17-12-1-4-14(5-2-12)21-8-7-11(10-20)15-6-3-13(18)9-16(15)19/h1-6,9,11H,7-8H2. The smallest absolute Gasteiger partial charge is 0.119 e. The summed E-state index contributed by atoms with van der Waals surface area (Å²) in [4.78, 5) is 0. The molecule has 2 aromatic carbocycles. The molecule has 0 saturated carbocycles. The summed E-state index contributed by atoms with van der Waals surface area (Å²) in [5, 5.41) is 10.4. The van der Waals surface area contributed by atoms with Gasteiger partial charge in [-0.05, 0) is 42.0 Å². The predicted octanol–water partition coefficient (Wildman–Crippen LogP) is 5.83. The summed E-state index contributed by atoms with van der Waals surface area (Å²) in [6.07, 6.45) is 0.563. The predicted molar refractivity (Wildman–Crippen MR) is 89.1 cm³/mol. The molecular formula is C16H12BrCl2NO. The van der Waals surface area contributed by atoms with Gasteiger partial charge in [0.25, 0.3) is 0 Å². The minimum atomic E-state index is -0.315. The van der Waals surface area contributed by atoms with Gasteiger partial charge in [-0.25, -0.2) is 0 Å². The maximum atomic E-state index is 9.30. The van der Waals surface area contributed by atoms with Crippen molar-refractivity contribution in [2.45, 2.75) is 12.3 Å². The van der Waals surface area contributed by atoms with E-state index < -0.39 is 0 Å². The third kappa shape index (κ3) is 4.64. The van der Waals surface area contributed by atoms with Gasteiger partial charge >= 0.3 is 0 Å². The minimum absolute atomic E-state index is 0.315. The maximum absolute atomic E-state index is 9.30. The molecule has 0 aliphatic rings. The second-order valence-corrected chi connectivity index (χ2v) is 6.20. The van der Waals surface area contributed by atoms with Crippen LogP contribution in [0.1, 0.15) is 17.9 Å². The van der Waals surface area contributed by atoms with Crippen LogP contribution in [0.5, 0.6) is 5.75 Å². The van der Waals surface area contributed by atoms with E-state index in [1.54, 1.807) is 18.2 Å². The zero-order valence-electron chi connectivity index (χ0n) is 11.0. The first kappa shape index (κ1) is 16.2. The molecule has 1 atom stereocenters. The van der Waals surface area contributed by atoms with Crippen molar-refractivity contribution in [2.24, 2.45) is 0 Å². The van der Waals surface area contributed by atoms with Crippen molar-refractivity contribution in [2.75, 3.05) is 6.61 Å². The Morgan fingerprint density at radius 3 is 2.48 bits per heavy atom. The summed E-state index contributed by atoms with van der Waals surface area (Å²) in [5.41, 5.74) is 0.781. The Balaban J connectivity index is 1.97. The SMILES string of the molecule is N#CC(CCOc1ccc(Br)cc1)c1ccc(Cl)cc1Cl. The lowest BCUT2D eigenvalue weighted by molar-refractivity contribution is 0.306. The third-order valence-electron chi connectivity index (χ3n) is 2.98. The van der Waals surface area contributed by atoms with Gasteiger partial charge in [-0.1, -0.05) is 45.2 Å². The Hall–Kier alpha value is -1.21. The first-order chi connectivity index (χ1) is 10.1. The molecule has 0 bridgehead atoms. The summed E-state index contributed by atoms with van der Waals surface area (Å²) in [7, 11) is 0. The number of ether oxygens (including phenoxy) is 1. The highest BCUT2D eigenvalue weighted by Gasteiger charge is 2.14. The van der Waals surface area contributed by atoms with Gasteiger partial charge in [0.1, 0.15) is 5.75 Å². The maximum Gasteiger partial charge on any atom is 0.119 e. The van der Waals surface area contributed by atoms with Crippen LogP contribution in [0, 0.1) is 11.3 Å². The topological polar surface area (TPSA) is 33.0 Å². The number of hydrogen-bond donors (Lipinski definition) is 0. The molecule has 0 amide bonds. The van der Waals surface area contributed by atoms with E-state index in [-0.39, 0.29) is 5.92 Å². The van der Waals surface area contributed by atoms with Gasteiger partial charge in [0.15, 0.2) is 0 Å². The normalized spacial score (nSPS) is 11.7. The summed E-state index contributed by atoms with van der Waals surface area (Å²) < 4.78 is 6.64. The van der Waals surface area contributed by atoms with Crippen molar-refractivity contribution < 1.29 is 4.74 Å². The van der Waals surface area contributed by atoms with Crippen LogP contribution in [-0.2, 0) is 0 Å². The molecule has 5 heteroatoms. The molecule has 0 saturated heterocycles. The van der Waals surface area contributed by atoms with E-state index in [4.69, 9.17) is 27.9 Å². The van der Waals surface area contributed by atoms with E-state index >= 15 is 0 Å². The van der Waals surface area contributed by atoms with Crippen molar-refractivity contribution in [1.82, 2.24) is 0 Å². The molecule has 0 aliphatic heterocycles. The van der Waals surface area contributed by atoms with E-state index in [0.717, 1.165) is 15.8 Å². The Morgan fingerprint density at radius 1 is 1.14 bits per heavy atom. The lowest BCUT2D eigenvalue weighted by Gasteiger charge is -2.12. The zero-order chi connectivity index (χ0) is 15.2. The van der Waals surface area contributed by atoms with Gasteiger partial charge in [-0.15, -0.1) is 0 Å². The molecule has 0 heterocycles. The van der Waals surface area contributed by atoms with E-state index in [1.807, 2.05) is 24.3 Å². The van der Waals surface area contributed by atoms with Crippen LogP contribution in [0.15, 0.2) is 46.9 Å². The molecule has 2 aromatic rings. The molecule has 0 spiro atoms. The Morgan fingerprint density at radius 2 is 1.86 bits per heavy atom. The lowest BCUT2D eigenvalue weighted by Crippen LogP contribution is -2.05. The summed E-state index contributed by atoms with van der Waals surface area (Å²) in [6.45, 7) is 0.443. The van der Waals surface area contributed by atoms with Crippen LogP contribution in [0.3, 0.4) is 0 Å². The van der Waals surface area contributed by atoms with Crippen LogP contribution in [-0.4, -0.2) is 6.61 Å². The highest BCUT2D eigenvalue weighted by atomic mass is 79.9. The fourth-order valence-electron chi connectivity index (χ4n) is 1.90. The highest BCUT2D eigenvalue weighted by molar-refractivity contribution is 9.10. The summed E-state index contributed by atoms with van der Waals surface area (Å²) >= 11 is 15.4. The number of hydrogen-bond acceptors (Lipinski definition) is 2. The molecule has 108 valence electrons. The third-order valence-corrected chi connectivity index (χ3v) is 4.07. The van der Waals surface area contributed by atoms with Crippen molar-refractivity contribution in [3.63, 3.8) is 0 Å². The molecule has 1 unspecified atom stereocenters. The fourth-order valence-corrected chi connectivity index (χ4v) is 2.70. The quantitative estimate of drug-likeness (QED) is 0.649. The van der Waals surface area contributed by atoms with Crippen LogP contribution >= 0.6 is 39.1 Å². The van der Waals surface area contributed by atoms with Crippen LogP contribution in [0.2, 0.25) is 10.0 Å². The molecule has 2 rings (SSSR count). The second-order valence-electron chi connectivity index (χ2n) is 4.44. The van der Waals surface area contributed by atoms with Gasteiger partial charge in [-0.3, -0.25) is 0 Å². The number of nitrogens with zero attached hydrogens (tertiary/aromatic N) is 1. The summed E-state index contributed by atoms with van der Waals surface area (Å²) in [6, 6.07) is 15.0. The average molecular weight is 385 g/mol.